The van der Waals surface area contributed by atoms with Gasteiger partial charge in [-0.25, -0.2) is 8.42 Å². The van der Waals surface area contributed by atoms with Crippen LogP contribution in [0.3, 0.4) is 0 Å². The van der Waals surface area contributed by atoms with Gasteiger partial charge in [-0.2, -0.15) is 0 Å². The molecule has 0 amide bonds. The monoisotopic (exact) mass is 283 g/mol. The van der Waals surface area contributed by atoms with E-state index >= 15 is 0 Å². The SMILES string of the molecule is COC(=O)C1(NCc2ccccc2)CCS(=O)(=O)C1. The van der Waals surface area contributed by atoms with Gasteiger partial charge in [-0.3, -0.25) is 10.1 Å². The number of sulfone groups is 1. The van der Waals surface area contributed by atoms with Crippen LogP contribution in [0.15, 0.2) is 30.3 Å². The van der Waals surface area contributed by atoms with Crippen molar-refractivity contribution in [3.63, 3.8) is 0 Å². The number of ether oxygens (including phenoxy) is 1. The number of benzene rings is 1. The zero-order valence-electron chi connectivity index (χ0n) is 10.8. The van der Waals surface area contributed by atoms with Gasteiger partial charge in [-0.15, -0.1) is 0 Å². The first-order valence-electron chi connectivity index (χ1n) is 6.05. The lowest BCUT2D eigenvalue weighted by atomic mass is 9.98. The van der Waals surface area contributed by atoms with Gasteiger partial charge < -0.3 is 4.74 Å². The highest BCUT2D eigenvalue weighted by molar-refractivity contribution is 7.91. The van der Waals surface area contributed by atoms with Crippen LogP contribution in [0.1, 0.15) is 12.0 Å². The number of carbonyl (C=O) groups excluding carboxylic acids is 1. The third-order valence-electron chi connectivity index (χ3n) is 3.36. The fourth-order valence-electron chi connectivity index (χ4n) is 2.28. The quantitative estimate of drug-likeness (QED) is 0.815. The molecule has 104 valence electrons. The van der Waals surface area contributed by atoms with Crippen LogP contribution < -0.4 is 5.32 Å². The fraction of sp³-hybridized carbons (Fsp3) is 0.462. The maximum Gasteiger partial charge on any atom is 0.327 e. The molecule has 5 nitrogen and oxygen atoms in total. The number of nitrogens with one attached hydrogen (secondary N) is 1. The molecule has 1 aliphatic rings. The number of rotatable bonds is 4. The highest BCUT2D eigenvalue weighted by atomic mass is 32.2. The highest BCUT2D eigenvalue weighted by Crippen LogP contribution is 2.25. The second kappa shape index (κ2) is 5.30. The van der Waals surface area contributed by atoms with Gasteiger partial charge in [0.05, 0.1) is 18.6 Å². The molecule has 0 saturated carbocycles. The van der Waals surface area contributed by atoms with Crippen LogP contribution in [0.25, 0.3) is 0 Å². The molecule has 0 aliphatic carbocycles. The van der Waals surface area contributed by atoms with Crippen LogP contribution in [-0.2, 0) is 25.9 Å². The molecule has 19 heavy (non-hydrogen) atoms. The van der Waals surface area contributed by atoms with Gasteiger partial charge in [-0.05, 0) is 12.0 Å². The minimum absolute atomic E-state index is 0.0177. The summed E-state index contributed by atoms with van der Waals surface area (Å²) >= 11 is 0. The molecule has 0 radical (unpaired) electrons. The normalized spacial score (nSPS) is 25.1. The number of hydrogen-bond donors (Lipinski definition) is 1. The molecule has 1 N–H and O–H groups in total. The average molecular weight is 283 g/mol. The smallest absolute Gasteiger partial charge is 0.327 e. The lowest BCUT2D eigenvalue weighted by molar-refractivity contribution is -0.147. The summed E-state index contributed by atoms with van der Waals surface area (Å²) < 4.78 is 28.0. The van der Waals surface area contributed by atoms with Gasteiger partial charge in [0.1, 0.15) is 5.54 Å². The van der Waals surface area contributed by atoms with Gasteiger partial charge in [-0.1, -0.05) is 30.3 Å². The standard InChI is InChI=1S/C13H17NO4S/c1-18-12(15)13(7-8-19(16,17)10-13)14-9-11-5-3-2-4-6-11/h2-6,14H,7-10H2,1H3. The van der Waals surface area contributed by atoms with Crippen LogP contribution in [0, 0.1) is 0 Å². The molecule has 0 spiro atoms. The van der Waals surface area contributed by atoms with E-state index in [2.05, 4.69) is 5.32 Å². The fourth-order valence-corrected chi connectivity index (χ4v) is 4.20. The summed E-state index contributed by atoms with van der Waals surface area (Å²) in [7, 11) is -1.90. The van der Waals surface area contributed by atoms with E-state index in [0.717, 1.165) is 5.56 Å². The molecular weight excluding hydrogens is 266 g/mol. The van der Waals surface area contributed by atoms with Crippen LogP contribution in [0.2, 0.25) is 0 Å². The minimum atomic E-state index is -3.18. The van der Waals surface area contributed by atoms with Crippen molar-refractivity contribution in [1.82, 2.24) is 5.32 Å². The topological polar surface area (TPSA) is 72.5 Å². The molecule has 1 aromatic carbocycles. The molecule has 1 fully saturated rings. The van der Waals surface area contributed by atoms with Crippen LogP contribution in [0.4, 0.5) is 0 Å². The van der Waals surface area contributed by atoms with E-state index < -0.39 is 21.3 Å². The van der Waals surface area contributed by atoms with Crippen molar-refractivity contribution < 1.29 is 17.9 Å². The molecule has 1 atom stereocenters. The Bertz CT molecular complexity index is 555. The first-order chi connectivity index (χ1) is 8.97. The van der Waals surface area contributed by atoms with Gasteiger partial charge in [0.2, 0.25) is 0 Å². The Labute approximate surface area is 112 Å². The van der Waals surface area contributed by atoms with Crippen molar-refractivity contribution >= 4 is 15.8 Å². The van der Waals surface area contributed by atoms with Crippen LogP contribution in [0.5, 0.6) is 0 Å². The van der Waals surface area contributed by atoms with Gasteiger partial charge in [0, 0.05) is 6.54 Å². The van der Waals surface area contributed by atoms with E-state index in [1.807, 2.05) is 30.3 Å². The first-order valence-corrected chi connectivity index (χ1v) is 7.87. The van der Waals surface area contributed by atoms with E-state index in [4.69, 9.17) is 4.74 Å². The van der Waals surface area contributed by atoms with Crippen molar-refractivity contribution in [3.8, 4) is 0 Å². The highest BCUT2D eigenvalue weighted by Gasteiger charge is 2.48. The Morgan fingerprint density at radius 1 is 1.37 bits per heavy atom. The maximum atomic E-state index is 11.9. The molecule has 1 saturated heterocycles. The average Bonchev–Trinajstić information content (AvgIpc) is 2.74. The molecule has 0 aromatic heterocycles. The third-order valence-corrected chi connectivity index (χ3v) is 5.11. The number of hydrogen-bond acceptors (Lipinski definition) is 5. The van der Waals surface area contributed by atoms with E-state index in [0.29, 0.717) is 6.54 Å². The molecule has 1 aromatic rings. The summed E-state index contributed by atoms with van der Waals surface area (Å²) in [6.45, 7) is 0.436. The van der Waals surface area contributed by atoms with E-state index in [-0.39, 0.29) is 17.9 Å². The molecule has 6 heteroatoms. The summed E-state index contributed by atoms with van der Waals surface area (Å²) in [5.41, 5.74) is -0.112. The van der Waals surface area contributed by atoms with E-state index in [1.54, 1.807) is 0 Å². The lowest BCUT2D eigenvalue weighted by Gasteiger charge is -2.26. The van der Waals surface area contributed by atoms with Crippen molar-refractivity contribution in [2.24, 2.45) is 0 Å². The molecule has 1 aliphatic heterocycles. The maximum absolute atomic E-state index is 11.9. The van der Waals surface area contributed by atoms with E-state index in [9.17, 15) is 13.2 Å². The predicted molar refractivity (Wildman–Crippen MR) is 71.3 cm³/mol. The van der Waals surface area contributed by atoms with E-state index in [1.165, 1.54) is 7.11 Å². The van der Waals surface area contributed by atoms with Crippen molar-refractivity contribution in [2.45, 2.75) is 18.5 Å². The number of carbonyl (C=O) groups is 1. The summed E-state index contributed by atoms with van der Waals surface area (Å²) in [5.74, 6) is -0.687. The van der Waals surface area contributed by atoms with Crippen LogP contribution >= 0.6 is 0 Å². The second-order valence-electron chi connectivity index (χ2n) is 4.75. The lowest BCUT2D eigenvalue weighted by Crippen LogP contribution is -2.53. The van der Waals surface area contributed by atoms with Gasteiger partial charge in [0.25, 0.3) is 0 Å². The Morgan fingerprint density at radius 2 is 2.05 bits per heavy atom. The number of methoxy groups -OCH3 is 1. The van der Waals surface area contributed by atoms with Gasteiger partial charge >= 0.3 is 5.97 Å². The Kier molecular flexibility index (Phi) is 3.91. The van der Waals surface area contributed by atoms with Crippen molar-refractivity contribution in [1.29, 1.82) is 0 Å². The summed E-state index contributed by atoms with van der Waals surface area (Å²) in [4.78, 5) is 11.9. The largest absolute Gasteiger partial charge is 0.468 e. The Balaban J connectivity index is 2.14. The summed E-state index contributed by atoms with van der Waals surface area (Å²) in [5, 5.41) is 3.06. The molecule has 0 bridgehead atoms. The molecule has 1 heterocycles. The van der Waals surface area contributed by atoms with Crippen molar-refractivity contribution in [2.75, 3.05) is 18.6 Å². The van der Waals surface area contributed by atoms with Gasteiger partial charge in [0.15, 0.2) is 9.84 Å². The third kappa shape index (κ3) is 3.13. The van der Waals surface area contributed by atoms with Crippen molar-refractivity contribution in [3.05, 3.63) is 35.9 Å². The zero-order valence-corrected chi connectivity index (χ0v) is 11.6. The molecular formula is C13H17NO4S. The minimum Gasteiger partial charge on any atom is -0.468 e. The number of esters is 1. The zero-order chi connectivity index (χ0) is 13.9. The Hall–Kier alpha value is -1.40. The molecule has 2 rings (SSSR count). The Morgan fingerprint density at radius 3 is 2.58 bits per heavy atom. The second-order valence-corrected chi connectivity index (χ2v) is 6.94. The first kappa shape index (κ1) is 14.0. The summed E-state index contributed by atoms with van der Waals surface area (Å²) in [6.07, 6.45) is 0.259. The molecule has 1 unspecified atom stereocenters. The van der Waals surface area contributed by atoms with Crippen LogP contribution in [-0.4, -0.2) is 38.5 Å². The summed E-state index contributed by atoms with van der Waals surface area (Å²) in [6, 6.07) is 9.53. The predicted octanol–water partition coefficient (Wildman–Crippen LogP) is 0.506.